The molecule has 3 heteroatoms. The van der Waals surface area contributed by atoms with Crippen molar-refractivity contribution >= 4 is 11.8 Å². The summed E-state index contributed by atoms with van der Waals surface area (Å²) in [5.41, 5.74) is 2.76. The quantitative estimate of drug-likeness (QED) is 0.763. The first-order valence-electron chi connectivity index (χ1n) is 7.63. The van der Waals surface area contributed by atoms with Crippen molar-refractivity contribution in [3.8, 4) is 0 Å². The smallest absolute Gasteiger partial charge is 0.0441 e. The maximum atomic E-state index is 4.08. The third-order valence-electron chi connectivity index (χ3n) is 3.61. The molecular weight excluding hydrogens is 276 g/mol. The van der Waals surface area contributed by atoms with Gasteiger partial charge in [-0.25, -0.2) is 0 Å². The third-order valence-corrected chi connectivity index (χ3v) is 4.80. The van der Waals surface area contributed by atoms with Crippen LogP contribution in [-0.4, -0.2) is 16.8 Å². The van der Waals surface area contributed by atoms with Gasteiger partial charge in [0.05, 0.1) is 0 Å². The number of aromatic nitrogens is 1. The molecule has 0 fully saturated rings. The first-order valence-corrected chi connectivity index (χ1v) is 8.51. The number of nitrogens with one attached hydrogen (secondary N) is 1. The van der Waals surface area contributed by atoms with Gasteiger partial charge in [0, 0.05) is 28.6 Å². The van der Waals surface area contributed by atoms with Crippen LogP contribution in [0.1, 0.15) is 37.9 Å². The third kappa shape index (κ3) is 4.58. The first-order chi connectivity index (χ1) is 10.2. The van der Waals surface area contributed by atoms with Crippen molar-refractivity contribution in [1.82, 2.24) is 10.3 Å². The molecule has 2 atom stereocenters. The van der Waals surface area contributed by atoms with E-state index in [9.17, 15) is 0 Å². The van der Waals surface area contributed by atoms with Crippen LogP contribution in [0.5, 0.6) is 0 Å². The van der Waals surface area contributed by atoms with Crippen molar-refractivity contribution in [2.75, 3.05) is 6.54 Å². The second-order valence-corrected chi connectivity index (χ2v) is 6.59. The Hall–Kier alpha value is -1.32. The minimum Gasteiger partial charge on any atom is -0.309 e. The molecule has 0 spiro atoms. The lowest BCUT2D eigenvalue weighted by Crippen LogP contribution is -2.28. The summed E-state index contributed by atoms with van der Waals surface area (Å²) in [6.07, 6.45) is 4.80. The maximum Gasteiger partial charge on any atom is 0.0441 e. The predicted molar refractivity (Wildman–Crippen MR) is 91.8 cm³/mol. The molecule has 2 nitrogen and oxygen atoms in total. The minimum absolute atomic E-state index is 0.360. The highest BCUT2D eigenvalue weighted by Gasteiger charge is 2.19. The van der Waals surface area contributed by atoms with E-state index in [-0.39, 0.29) is 0 Å². The van der Waals surface area contributed by atoms with Gasteiger partial charge in [0.1, 0.15) is 0 Å². The number of nitrogens with zero attached hydrogens (tertiary/aromatic N) is 1. The SMILES string of the molecule is CCNC(c1ccc(CC)cc1)C(C)Sc1ccncc1. The van der Waals surface area contributed by atoms with E-state index in [0.29, 0.717) is 11.3 Å². The molecule has 0 aliphatic carbocycles. The summed E-state index contributed by atoms with van der Waals surface area (Å²) in [5.74, 6) is 0. The molecule has 112 valence electrons. The first kappa shape index (κ1) is 16.1. The van der Waals surface area contributed by atoms with Crippen molar-refractivity contribution in [2.45, 2.75) is 43.4 Å². The summed E-state index contributed by atoms with van der Waals surface area (Å²) in [6, 6.07) is 13.5. The highest BCUT2D eigenvalue weighted by Crippen LogP contribution is 2.31. The zero-order valence-electron chi connectivity index (χ0n) is 13.0. The van der Waals surface area contributed by atoms with Crippen molar-refractivity contribution in [1.29, 1.82) is 0 Å². The Morgan fingerprint density at radius 2 is 1.71 bits per heavy atom. The van der Waals surface area contributed by atoms with Gasteiger partial charge in [-0.05, 0) is 36.2 Å². The number of thioether (sulfide) groups is 1. The molecule has 0 aliphatic rings. The summed E-state index contributed by atoms with van der Waals surface area (Å²) in [6.45, 7) is 7.61. The van der Waals surface area contributed by atoms with Gasteiger partial charge < -0.3 is 5.32 Å². The lowest BCUT2D eigenvalue weighted by molar-refractivity contribution is 0.548. The zero-order valence-corrected chi connectivity index (χ0v) is 13.9. The van der Waals surface area contributed by atoms with Gasteiger partial charge in [-0.3, -0.25) is 4.98 Å². The second kappa shape index (κ2) is 8.20. The molecule has 1 N–H and O–H groups in total. The van der Waals surface area contributed by atoms with Crippen LogP contribution >= 0.6 is 11.8 Å². The number of benzene rings is 1. The molecule has 0 amide bonds. The molecule has 0 saturated carbocycles. The van der Waals surface area contributed by atoms with E-state index in [1.807, 2.05) is 24.2 Å². The minimum atomic E-state index is 0.360. The number of hydrogen-bond donors (Lipinski definition) is 1. The Kier molecular flexibility index (Phi) is 6.27. The Morgan fingerprint density at radius 1 is 1.05 bits per heavy atom. The molecule has 1 aromatic carbocycles. The molecule has 0 radical (unpaired) electrons. The summed E-state index contributed by atoms with van der Waals surface area (Å²) in [5, 5.41) is 4.08. The fourth-order valence-corrected chi connectivity index (χ4v) is 3.53. The van der Waals surface area contributed by atoms with E-state index < -0.39 is 0 Å². The molecule has 1 aromatic heterocycles. The van der Waals surface area contributed by atoms with Crippen LogP contribution in [0.3, 0.4) is 0 Å². The molecule has 0 bridgehead atoms. The van der Waals surface area contributed by atoms with Gasteiger partial charge in [-0.1, -0.05) is 45.0 Å². The highest BCUT2D eigenvalue weighted by atomic mass is 32.2. The maximum absolute atomic E-state index is 4.08. The van der Waals surface area contributed by atoms with Crippen molar-refractivity contribution < 1.29 is 0 Å². The van der Waals surface area contributed by atoms with Crippen molar-refractivity contribution in [3.05, 3.63) is 59.9 Å². The largest absolute Gasteiger partial charge is 0.309 e. The monoisotopic (exact) mass is 300 g/mol. The van der Waals surface area contributed by atoms with Crippen LogP contribution in [0, 0.1) is 0 Å². The molecule has 2 rings (SSSR count). The molecule has 2 unspecified atom stereocenters. The predicted octanol–water partition coefficient (Wildman–Crippen LogP) is 4.48. The Morgan fingerprint density at radius 3 is 2.29 bits per heavy atom. The van der Waals surface area contributed by atoms with Gasteiger partial charge in [0.2, 0.25) is 0 Å². The van der Waals surface area contributed by atoms with Crippen LogP contribution < -0.4 is 5.32 Å². The number of rotatable bonds is 7. The van der Waals surface area contributed by atoms with Crippen molar-refractivity contribution in [2.24, 2.45) is 0 Å². The number of hydrogen-bond acceptors (Lipinski definition) is 3. The van der Waals surface area contributed by atoms with Gasteiger partial charge in [-0.2, -0.15) is 0 Å². The summed E-state index contributed by atoms with van der Waals surface area (Å²) in [7, 11) is 0. The van der Waals surface area contributed by atoms with Gasteiger partial charge in [-0.15, -0.1) is 11.8 Å². The van der Waals surface area contributed by atoms with Gasteiger partial charge >= 0.3 is 0 Å². The molecule has 0 saturated heterocycles. The molecular formula is C18H24N2S. The molecule has 21 heavy (non-hydrogen) atoms. The van der Waals surface area contributed by atoms with E-state index in [1.54, 1.807) is 0 Å². The fraction of sp³-hybridized carbons (Fsp3) is 0.389. The topological polar surface area (TPSA) is 24.9 Å². The second-order valence-electron chi connectivity index (χ2n) is 5.14. The Balaban J connectivity index is 2.13. The van der Waals surface area contributed by atoms with Crippen LogP contribution in [0.2, 0.25) is 0 Å². The van der Waals surface area contributed by atoms with Crippen molar-refractivity contribution in [3.63, 3.8) is 0 Å². The zero-order chi connectivity index (χ0) is 15.1. The molecule has 0 aliphatic heterocycles. The average Bonchev–Trinajstić information content (AvgIpc) is 2.53. The average molecular weight is 300 g/mol. The molecule has 1 heterocycles. The summed E-state index contributed by atoms with van der Waals surface area (Å²) >= 11 is 1.89. The Labute approximate surface area is 132 Å². The standard InChI is InChI=1S/C18H24N2S/c1-4-15-6-8-16(9-7-15)18(20-5-2)14(3)21-17-10-12-19-13-11-17/h6-14,18,20H,4-5H2,1-3H3. The van der Waals surface area contributed by atoms with Gasteiger partial charge in [0.25, 0.3) is 0 Å². The fourth-order valence-electron chi connectivity index (χ4n) is 2.43. The van der Waals surface area contributed by atoms with Crippen LogP contribution in [0.15, 0.2) is 53.7 Å². The highest BCUT2D eigenvalue weighted by molar-refractivity contribution is 8.00. The number of aryl methyl sites for hydroxylation is 1. The summed E-state index contributed by atoms with van der Waals surface area (Å²) in [4.78, 5) is 5.35. The number of pyridine rings is 1. The van der Waals surface area contributed by atoms with Crippen LogP contribution in [0.25, 0.3) is 0 Å². The van der Waals surface area contributed by atoms with Crippen LogP contribution in [-0.2, 0) is 6.42 Å². The Bertz CT molecular complexity index is 525. The lowest BCUT2D eigenvalue weighted by Gasteiger charge is -2.25. The normalized spacial score (nSPS) is 13.9. The lowest BCUT2D eigenvalue weighted by atomic mass is 10.0. The van der Waals surface area contributed by atoms with E-state index >= 15 is 0 Å². The van der Waals surface area contributed by atoms with E-state index in [0.717, 1.165) is 13.0 Å². The van der Waals surface area contributed by atoms with Crippen LogP contribution in [0.4, 0.5) is 0 Å². The molecule has 2 aromatic rings. The van der Waals surface area contributed by atoms with E-state index in [2.05, 4.69) is 67.5 Å². The summed E-state index contributed by atoms with van der Waals surface area (Å²) < 4.78 is 0. The van der Waals surface area contributed by atoms with E-state index in [1.165, 1.54) is 16.0 Å². The van der Waals surface area contributed by atoms with E-state index in [4.69, 9.17) is 0 Å². The van der Waals surface area contributed by atoms with Gasteiger partial charge in [0.15, 0.2) is 0 Å².